The number of benzene rings is 1. The average molecular weight is 291 g/mol. The predicted molar refractivity (Wildman–Crippen MR) is 79.1 cm³/mol. The second kappa shape index (κ2) is 6.49. The van der Waals surface area contributed by atoms with Crippen molar-refractivity contribution in [3.05, 3.63) is 54.2 Å². The summed E-state index contributed by atoms with van der Waals surface area (Å²) in [5.41, 5.74) is 1.57. The van der Waals surface area contributed by atoms with Gasteiger partial charge in [0, 0.05) is 19.8 Å². The molecule has 0 fully saturated rings. The molecule has 0 saturated carbocycles. The van der Waals surface area contributed by atoms with Crippen molar-refractivity contribution in [3.8, 4) is 0 Å². The van der Waals surface area contributed by atoms with Crippen molar-refractivity contribution < 1.29 is 8.42 Å². The molecule has 2 aromatic rings. The van der Waals surface area contributed by atoms with E-state index in [9.17, 15) is 8.42 Å². The van der Waals surface area contributed by atoms with Gasteiger partial charge < -0.3 is 5.32 Å². The maximum absolute atomic E-state index is 12.2. The molecule has 1 aromatic carbocycles. The molecule has 2 rings (SSSR count). The van der Waals surface area contributed by atoms with Crippen LogP contribution in [0.3, 0.4) is 0 Å². The number of anilines is 1. The van der Waals surface area contributed by atoms with Crippen LogP contribution in [0.25, 0.3) is 0 Å². The molecule has 0 aliphatic carbocycles. The van der Waals surface area contributed by atoms with Gasteiger partial charge in [-0.2, -0.15) is 0 Å². The van der Waals surface area contributed by atoms with Crippen LogP contribution in [-0.4, -0.2) is 27.0 Å². The highest BCUT2D eigenvalue weighted by Gasteiger charge is 2.18. The summed E-state index contributed by atoms with van der Waals surface area (Å²) in [4.78, 5) is 3.93. The quantitative estimate of drug-likeness (QED) is 0.849. The summed E-state index contributed by atoms with van der Waals surface area (Å²) in [6.45, 7) is 0.339. The molecular weight excluding hydrogens is 274 g/mol. The zero-order valence-corrected chi connectivity index (χ0v) is 12.0. The van der Waals surface area contributed by atoms with Crippen LogP contribution in [0, 0.1) is 0 Å². The molecule has 0 unspecified atom stereocenters. The molecule has 5 nitrogen and oxygen atoms in total. The minimum absolute atomic E-state index is 0.0237. The van der Waals surface area contributed by atoms with Crippen LogP contribution in [0.2, 0.25) is 0 Å². The number of hydrogen-bond donors (Lipinski definition) is 2. The van der Waals surface area contributed by atoms with Crippen LogP contribution >= 0.6 is 0 Å². The van der Waals surface area contributed by atoms with Gasteiger partial charge in [0.1, 0.15) is 0 Å². The van der Waals surface area contributed by atoms with Gasteiger partial charge in [-0.1, -0.05) is 30.3 Å². The Hall–Kier alpha value is -1.92. The van der Waals surface area contributed by atoms with Gasteiger partial charge in [-0.15, -0.1) is 0 Å². The topological polar surface area (TPSA) is 71.1 Å². The van der Waals surface area contributed by atoms with Gasteiger partial charge in [0.15, 0.2) is 5.03 Å². The molecule has 0 spiro atoms. The second-order valence-electron chi connectivity index (χ2n) is 4.24. The van der Waals surface area contributed by atoms with Crippen LogP contribution in [0.15, 0.2) is 53.7 Å². The van der Waals surface area contributed by atoms with Crippen molar-refractivity contribution in [3.63, 3.8) is 0 Å². The molecule has 20 heavy (non-hydrogen) atoms. The fourth-order valence-electron chi connectivity index (χ4n) is 1.84. The Morgan fingerprint density at radius 2 is 1.85 bits per heavy atom. The van der Waals surface area contributed by atoms with E-state index in [-0.39, 0.29) is 5.03 Å². The SMILES string of the molecule is CNc1cccnc1S(=O)(=O)NCCc1ccccc1. The van der Waals surface area contributed by atoms with Crippen LogP contribution in [0.5, 0.6) is 0 Å². The number of pyridine rings is 1. The summed E-state index contributed by atoms with van der Waals surface area (Å²) < 4.78 is 26.9. The minimum Gasteiger partial charge on any atom is -0.386 e. The van der Waals surface area contributed by atoms with E-state index in [4.69, 9.17) is 0 Å². The average Bonchev–Trinajstić information content (AvgIpc) is 2.48. The van der Waals surface area contributed by atoms with E-state index in [1.54, 1.807) is 19.2 Å². The third-order valence-corrected chi connectivity index (χ3v) is 4.26. The smallest absolute Gasteiger partial charge is 0.260 e. The third kappa shape index (κ3) is 3.55. The number of aromatic nitrogens is 1. The number of rotatable bonds is 6. The Balaban J connectivity index is 2.04. The first-order chi connectivity index (χ1) is 9.63. The monoisotopic (exact) mass is 291 g/mol. The molecule has 1 heterocycles. The number of hydrogen-bond acceptors (Lipinski definition) is 4. The van der Waals surface area contributed by atoms with Gasteiger partial charge in [0.05, 0.1) is 5.69 Å². The minimum atomic E-state index is -3.60. The highest BCUT2D eigenvalue weighted by Crippen LogP contribution is 2.16. The van der Waals surface area contributed by atoms with Gasteiger partial charge in [0.25, 0.3) is 10.0 Å². The Morgan fingerprint density at radius 3 is 2.55 bits per heavy atom. The molecule has 0 saturated heterocycles. The lowest BCUT2D eigenvalue weighted by molar-refractivity contribution is 0.578. The zero-order valence-electron chi connectivity index (χ0n) is 11.2. The van der Waals surface area contributed by atoms with Gasteiger partial charge in [-0.3, -0.25) is 0 Å². The van der Waals surface area contributed by atoms with Crippen LogP contribution < -0.4 is 10.0 Å². The van der Waals surface area contributed by atoms with E-state index in [1.807, 2.05) is 30.3 Å². The van der Waals surface area contributed by atoms with Crippen LogP contribution in [0.4, 0.5) is 5.69 Å². The lowest BCUT2D eigenvalue weighted by Gasteiger charge is -2.09. The first-order valence-electron chi connectivity index (χ1n) is 6.30. The highest BCUT2D eigenvalue weighted by molar-refractivity contribution is 7.89. The summed E-state index contributed by atoms with van der Waals surface area (Å²) in [6, 6.07) is 13.1. The summed E-state index contributed by atoms with van der Waals surface area (Å²) in [5, 5.41) is 2.85. The Labute approximate surface area is 119 Å². The molecule has 0 radical (unpaired) electrons. The van der Waals surface area contributed by atoms with Gasteiger partial charge in [-0.25, -0.2) is 18.1 Å². The van der Waals surface area contributed by atoms with Crippen LogP contribution in [-0.2, 0) is 16.4 Å². The molecule has 0 atom stereocenters. The first-order valence-corrected chi connectivity index (χ1v) is 7.78. The van der Waals surface area contributed by atoms with Gasteiger partial charge >= 0.3 is 0 Å². The standard InChI is InChI=1S/C14H17N3O2S/c1-15-13-8-5-10-16-14(13)20(18,19)17-11-9-12-6-3-2-4-7-12/h2-8,10,15,17H,9,11H2,1H3. The summed E-state index contributed by atoms with van der Waals surface area (Å²) in [5.74, 6) is 0. The zero-order chi connectivity index (χ0) is 14.4. The first kappa shape index (κ1) is 14.5. The molecule has 2 N–H and O–H groups in total. The fourth-order valence-corrected chi connectivity index (χ4v) is 3.00. The predicted octanol–water partition coefficient (Wildman–Crippen LogP) is 1.64. The molecule has 0 aliphatic rings. The number of sulfonamides is 1. The molecule has 106 valence electrons. The van der Waals surface area contributed by atoms with E-state index < -0.39 is 10.0 Å². The Kier molecular flexibility index (Phi) is 4.70. The molecule has 0 amide bonds. The van der Waals surface area contributed by atoms with Gasteiger partial charge in [-0.05, 0) is 24.1 Å². The molecular formula is C14H17N3O2S. The lowest BCUT2D eigenvalue weighted by atomic mass is 10.2. The highest BCUT2D eigenvalue weighted by atomic mass is 32.2. The van der Waals surface area contributed by atoms with Crippen molar-refractivity contribution in [2.45, 2.75) is 11.4 Å². The number of nitrogens with zero attached hydrogens (tertiary/aromatic N) is 1. The number of nitrogens with one attached hydrogen (secondary N) is 2. The molecule has 6 heteroatoms. The normalized spacial score (nSPS) is 11.2. The maximum atomic E-state index is 12.2. The summed E-state index contributed by atoms with van der Waals surface area (Å²) in [7, 11) is -1.93. The van der Waals surface area contributed by atoms with Gasteiger partial charge in [0.2, 0.25) is 0 Å². The second-order valence-corrected chi connectivity index (χ2v) is 5.92. The van der Waals surface area contributed by atoms with E-state index in [0.717, 1.165) is 5.56 Å². The van der Waals surface area contributed by atoms with E-state index in [0.29, 0.717) is 18.7 Å². The summed E-state index contributed by atoms with van der Waals surface area (Å²) >= 11 is 0. The van der Waals surface area contributed by atoms with Crippen molar-refractivity contribution in [1.82, 2.24) is 9.71 Å². The fraction of sp³-hybridized carbons (Fsp3) is 0.214. The van der Waals surface area contributed by atoms with Crippen molar-refractivity contribution in [1.29, 1.82) is 0 Å². The van der Waals surface area contributed by atoms with Crippen molar-refractivity contribution in [2.24, 2.45) is 0 Å². The largest absolute Gasteiger partial charge is 0.386 e. The molecule has 0 aliphatic heterocycles. The molecule has 0 bridgehead atoms. The molecule has 1 aromatic heterocycles. The third-order valence-electron chi connectivity index (χ3n) is 2.84. The van der Waals surface area contributed by atoms with E-state index in [2.05, 4.69) is 15.0 Å². The van der Waals surface area contributed by atoms with Crippen molar-refractivity contribution in [2.75, 3.05) is 18.9 Å². The summed E-state index contributed by atoms with van der Waals surface area (Å²) in [6.07, 6.45) is 2.11. The van der Waals surface area contributed by atoms with E-state index in [1.165, 1.54) is 6.20 Å². The Bertz CT molecular complexity index is 657. The van der Waals surface area contributed by atoms with Crippen LogP contribution in [0.1, 0.15) is 5.56 Å². The Morgan fingerprint density at radius 1 is 1.10 bits per heavy atom. The maximum Gasteiger partial charge on any atom is 0.260 e. The van der Waals surface area contributed by atoms with Crippen molar-refractivity contribution >= 4 is 15.7 Å². The lowest BCUT2D eigenvalue weighted by Crippen LogP contribution is -2.27. The van der Waals surface area contributed by atoms with E-state index >= 15 is 0 Å².